The average Bonchev–Trinajstić information content (AvgIpc) is 3.00. The van der Waals surface area contributed by atoms with E-state index in [1.807, 2.05) is 16.5 Å². The van der Waals surface area contributed by atoms with Crippen LogP contribution in [0.15, 0.2) is 30.7 Å². The lowest BCUT2D eigenvalue weighted by atomic mass is 10.0. The maximum absolute atomic E-state index is 14.0. The number of benzene rings is 1. The molecule has 1 N–H and O–H groups in total. The highest BCUT2D eigenvalue weighted by molar-refractivity contribution is 5.24. The Morgan fingerprint density at radius 1 is 1.38 bits per heavy atom. The van der Waals surface area contributed by atoms with Crippen LogP contribution in [0, 0.1) is 11.6 Å². The number of hydrogen-bond acceptors (Lipinski definition) is 3. The second kappa shape index (κ2) is 5.54. The van der Waals surface area contributed by atoms with E-state index in [1.165, 1.54) is 6.07 Å². The van der Waals surface area contributed by atoms with Crippen molar-refractivity contribution in [2.45, 2.75) is 25.1 Å². The van der Waals surface area contributed by atoms with Crippen molar-refractivity contribution < 1.29 is 13.9 Å². The summed E-state index contributed by atoms with van der Waals surface area (Å²) in [4.78, 5) is 6.01. The Hall–Kier alpha value is -1.79. The lowest BCUT2D eigenvalue weighted by Gasteiger charge is -2.24. The van der Waals surface area contributed by atoms with Crippen molar-refractivity contribution in [3.8, 4) is 0 Å². The average molecular weight is 293 g/mol. The summed E-state index contributed by atoms with van der Waals surface area (Å²) in [5.74, 6) is -0.904. The van der Waals surface area contributed by atoms with Gasteiger partial charge in [0.15, 0.2) is 0 Å². The Labute approximate surface area is 121 Å². The van der Waals surface area contributed by atoms with Crippen LogP contribution in [0.3, 0.4) is 0 Å². The fraction of sp³-hybridized carbons (Fsp3) is 0.400. The molecule has 1 saturated heterocycles. The molecule has 0 aliphatic carbocycles. The number of hydrogen-bond donors (Lipinski definition) is 1. The van der Waals surface area contributed by atoms with E-state index in [4.69, 9.17) is 0 Å². The number of halogens is 2. The molecule has 0 radical (unpaired) electrons. The van der Waals surface area contributed by atoms with Crippen LogP contribution in [0.2, 0.25) is 0 Å². The predicted molar refractivity (Wildman–Crippen MR) is 73.3 cm³/mol. The molecule has 0 bridgehead atoms. The van der Waals surface area contributed by atoms with Crippen molar-refractivity contribution in [1.82, 2.24) is 14.5 Å². The molecule has 6 heteroatoms. The third kappa shape index (κ3) is 2.82. The molecule has 21 heavy (non-hydrogen) atoms. The molecular formula is C15H17F2N3O. The summed E-state index contributed by atoms with van der Waals surface area (Å²) in [6.07, 6.45) is 3.30. The Morgan fingerprint density at radius 2 is 2.19 bits per heavy atom. The third-order valence-electron chi connectivity index (χ3n) is 3.98. The van der Waals surface area contributed by atoms with Gasteiger partial charge in [-0.1, -0.05) is 0 Å². The van der Waals surface area contributed by atoms with Gasteiger partial charge < -0.3 is 9.67 Å². The number of β-amino-alcohol motifs (C(OH)–C–C–N with tert-alkyl or cyclic N) is 1. The maximum atomic E-state index is 14.0. The molecule has 3 rings (SSSR count). The first-order valence-corrected chi connectivity index (χ1v) is 6.87. The first-order valence-electron chi connectivity index (χ1n) is 6.87. The van der Waals surface area contributed by atoms with Crippen LogP contribution >= 0.6 is 0 Å². The van der Waals surface area contributed by atoms with Crippen molar-refractivity contribution in [2.75, 3.05) is 6.54 Å². The predicted octanol–water partition coefficient (Wildman–Crippen LogP) is 2.01. The van der Waals surface area contributed by atoms with E-state index >= 15 is 0 Å². The second-order valence-electron chi connectivity index (χ2n) is 5.50. The Balaban J connectivity index is 1.89. The lowest BCUT2D eigenvalue weighted by molar-refractivity contribution is 0.171. The summed E-state index contributed by atoms with van der Waals surface area (Å²) in [6.45, 7) is 0.972. The molecule has 1 fully saturated rings. The van der Waals surface area contributed by atoms with Crippen LogP contribution in [0.1, 0.15) is 23.7 Å². The van der Waals surface area contributed by atoms with Gasteiger partial charge in [-0.25, -0.2) is 13.8 Å². The number of nitrogens with zero attached hydrogens (tertiary/aromatic N) is 3. The monoisotopic (exact) mass is 293 g/mol. The van der Waals surface area contributed by atoms with Crippen molar-refractivity contribution >= 4 is 0 Å². The minimum absolute atomic E-state index is 0.300. The van der Waals surface area contributed by atoms with Crippen molar-refractivity contribution in [1.29, 1.82) is 0 Å². The summed E-state index contributed by atoms with van der Waals surface area (Å²) in [5.41, 5.74) is 1.26. The molecular weight excluding hydrogens is 276 g/mol. The number of rotatable bonds is 3. The van der Waals surface area contributed by atoms with E-state index in [1.54, 1.807) is 12.5 Å². The van der Waals surface area contributed by atoms with E-state index in [0.717, 1.165) is 17.8 Å². The van der Waals surface area contributed by atoms with Gasteiger partial charge in [-0.2, -0.15) is 0 Å². The third-order valence-corrected chi connectivity index (χ3v) is 3.98. The van der Waals surface area contributed by atoms with Crippen molar-refractivity contribution in [3.05, 3.63) is 53.6 Å². The van der Waals surface area contributed by atoms with Crippen LogP contribution in [0.4, 0.5) is 8.78 Å². The molecule has 112 valence electrons. The molecule has 0 amide bonds. The van der Waals surface area contributed by atoms with Gasteiger partial charge in [-0.05, 0) is 24.6 Å². The normalized spacial score (nSPS) is 22.9. The summed E-state index contributed by atoms with van der Waals surface area (Å²) in [6, 6.07) is 3.13. The first kappa shape index (κ1) is 14.2. The summed E-state index contributed by atoms with van der Waals surface area (Å²) in [7, 11) is 1.88. The molecule has 1 aromatic carbocycles. The van der Waals surface area contributed by atoms with Crippen LogP contribution < -0.4 is 0 Å². The smallest absolute Gasteiger partial charge is 0.128 e. The van der Waals surface area contributed by atoms with Gasteiger partial charge in [-0.15, -0.1) is 0 Å². The molecule has 2 atom stereocenters. The Morgan fingerprint density at radius 3 is 2.90 bits per heavy atom. The molecule has 4 nitrogen and oxygen atoms in total. The van der Waals surface area contributed by atoms with E-state index in [0.29, 0.717) is 25.1 Å². The quantitative estimate of drug-likeness (QED) is 0.941. The standard InChI is InChI=1S/C15H17F2N3O/c1-19-9-18-6-11(19)7-20-8-12(21)5-15(20)13-4-10(16)2-3-14(13)17/h2-4,6,9,12,15,21H,5,7-8H2,1H3/t12-,15+/m0/s1. The molecule has 1 aliphatic rings. The fourth-order valence-electron chi connectivity index (χ4n) is 2.89. The number of aromatic nitrogens is 2. The Bertz CT molecular complexity index is 644. The van der Waals surface area contributed by atoms with Gasteiger partial charge >= 0.3 is 0 Å². The largest absolute Gasteiger partial charge is 0.392 e. The molecule has 0 unspecified atom stereocenters. The zero-order chi connectivity index (χ0) is 15.0. The molecule has 2 heterocycles. The Kier molecular flexibility index (Phi) is 3.73. The molecule has 1 aliphatic heterocycles. The lowest BCUT2D eigenvalue weighted by Crippen LogP contribution is -2.26. The van der Waals surface area contributed by atoms with Crippen molar-refractivity contribution in [2.24, 2.45) is 7.05 Å². The summed E-state index contributed by atoms with van der Waals surface area (Å²) in [5, 5.41) is 9.91. The molecule has 0 saturated carbocycles. The molecule has 2 aromatic rings. The SMILES string of the molecule is Cn1cncc1CN1C[C@@H](O)C[C@@H]1c1cc(F)ccc1F. The van der Waals surface area contributed by atoms with Gasteiger partial charge in [0, 0.05) is 37.9 Å². The zero-order valence-electron chi connectivity index (χ0n) is 11.7. The summed E-state index contributed by atoms with van der Waals surface area (Å²) >= 11 is 0. The highest BCUT2D eigenvalue weighted by Gasteiger charge is 2.34. The number of aliphatic hydroxyl groups is 1. The highest BCUT2D eigenvalue weighted by atomic mass is 19.1. The van der Waals surface area contributed by atoms with Gasteiger partial charge in [0.25, 0.3) is 0 Å². The minimum atomic E-state index is -0.536. The fourth-order valence-corrected chi connectivity index (χ4v) is 2.89. The van der Waals surface area contributed by atoms with Crippen LogP contribution in [-0.2, 0) is 13.6 Å². The second-order valence-corrected chi connectivity index (χ2v) is 5.50. The minimum Gasteiger partial charge on any atom is -0.392 e. The van der Waals surface area contributed by atoms with Gasteiger partial charge in [0.1, 0.15) is 11.6 Å². The van der Waals surface area contributed by atoms with E-state index in [9.17, 15) is 13.9 Å². The van der Waals surface area contributed by atoms with Gasteiger partial charge in [0.2, 0.25) is 0 Å². The number of likely N-dealkylation sites (tertiary alicyclic amines) is 1. The number of imidazole rings is 1. The van der Waals surface area contributed by atoms with E-state index in [-0.39, 0.29) is 6.04 Å². The topological polar surface area (TPSA) is 41.3 Å². The molecule has 1 aromatic heterocycles. The first-order chi connectivity index (χ1) is 10.0. The van der Waals surface area contributed by atoms with Crippen molar-refractivity contribution in [3.63, 3.8) is 0 Å². The van der Waals surface area contributed by atoms with Gasteiger partial charge in [-0.3, -0.25) is 4.90 Å². The number of aryl methyl sites for hydroxylation is 1. The van der Waals surface area contributed by atoms with Crippen LogP contribution in [0.25, 0.3) is 0 Å². The number of aliphatic hydroxyl groups excluding tert-OH is 1. The van der Waals surface area contributed by atoms with E-state index < -0.39 is 17.7 Å². The highest BCUT2D eigenvalue weighted by Crippen LogP contribution is 2.35. The maximum Gasteiger partial charge on any atom is 0.128 e. The van der Waals surface area contributed by atoms with E-state index in [2.05, 4.69) is 4.98 Å². The van der Waals surface area contributed by atoms with Crippen LogP contribution in [0.5, 0.6) is 0 Å². The summed E-state index contributed by atoms with van der Waals surface area (Å²) < 4.78 is 29.3. The molecule has 0 spiro atoms. The van der Waals surface area contributed by atoms with Crippen LogP contribution in [-0.4, -0.2) is 32.2 Å². The van der Waals surface area contributed by atoms with Gasteiger partial charge in [0.05, 0.1) is 18.1 Å². The zero-order valence-corrected chi connectivity index (χ0v) is 11.7.